The van der Waals surface area contributed by atoms with Gasteiger partial charge in [-0.15, -0.1) is 0 Å². The van der Waals surface area contributed by atoms with E-state index < -0.39 is 11.4 Å². The fourth-order valence-corrected chi connectivity index (χ4v) is 13.1. The minimum Gasteiger partial charge on any atom is -0.481 e. The zero-order chi connectivity index (χ0) is 34.4. The molecule has 0 aromatic carbocycles. The summed E-state index contributed by atoms with van der Waals surface area (Å²) in [4.78, 5) is 37.7. The quantitative estimate of drug-likeness (QED) is 0.127. The van der Waals surface area contributed by atoms with E-state index in [0.717, 1.165) is 70.6 Å². The molecular weight excluding hydrogens is 588 g/mol. The lowest BCUT2D eigenvalue weighted by Gasteiger charge is -2.72. The zero-order valence-electron chi connectivity index (χ0n) is 30.5. The number of nitrogens with one attached hydrogen (secondary N) is 2. The van der Waals surface area contributed by atoms with E-state index in [4.69, 9.17) is 5.11 Å². The van der Waals surface area contributed by atoms with Gasteiger partial charge in [-0.05, 0) is 135 Å². The summed E-state index contributed by atoms with van der Waals surface area (Å²) < 4.78 is 0. The number of hydrogen-bond acceptors (Lipinski definition) is 4. The molecule has 266 valence electrons. The highest BCUT2D eigenvalue weighted by molar-refractivity contribution is 5.88. The lowest BCUT2D eigenvalue weighted by Crippen LogP contribution is -2.67. The number of fused-ring (bicyclic) bond motifs is 7. The van der Waals surface area contributed by atoms with Crippen molar-refractivity contribution in [1.82, 2.24) is 10.6 Å². The molecule has 0 saturated heterocycles. The molecule has 0 aromatic heterocycles. The van der Waals surface area contributed by atoms with Crippen molar-refractivity contribution in [2.45, 2.75) is 150 Å². The molecule has 5 fully saturated rings. The first-order valence-electron chi connectivity index (χ1n) is 19.1. The van der Waals surface area contributed by atoms with Gasteiger partial charge in [0.1, 0.15) is 0 Å². The van der Waals surface area contributed by atoms with E-state index in [2.05, 4.69) is 58.8 Å². The summed E-state index contributed by atoms with van der Waals surface area (Å²) in [5.74, 6) is 1.42. The average molecular weight is 655 g/mol. The minimum atomic E-state index is -0.746. The van der Waals surface area contributed by atoms with Crippen molar-refractivity contribution in [2.24, 2.45) is 56.7 Å². The van der Waals surface area contributed by atoms with Crippen LogP contribution in [0.4, 0.5) is 0 Å². The van der Waals surface area contributed by atoms with Gasteiger partial charge >= 0.3 is 5.97 Å². The molecule has 0 aliphatic heterocycles. The smallest absolute Gasteiger partial charge is 0.303 e. The summed E-state index contributed by atoms with van der Waals surface area (Å²) in [6.45, 7) is 19.6. The van der Waals surface area contributed by atoms with Gasteiger partial charge in [-0.1, -0.05) is 66.0 Å². The molecule has 0 unspecified atom stereocenters. The first-order chi connectivity index (χ1) is 22.0. The van der Waals surface area contributed by atoms with E-state index in [1.807, 2.05) is 0 Å². The van der Waals surface area contributed by atoms with Crippen molar-refractivity contribution in [2.75, 3.05) is 13.1 Å². The predicted molar refractivity (Wildman–Crippen MR) is 186 cm³/mol. The van der Waals surface area contributed by atoms with Gasteiger partial charge in [-0.25, -0.2) is 0 Å². The number of rotatable bonds is 12. The second-order valence-electron chi connectivity index (χ2n) is 18.2. The molecule has 5 rings (SSSR count). The maximum absolute atomic E-state index is 14.3. The summed E-state index contributed by atoms with van der Waals surface area (Å²) in [6.07, 6.45) is 15.0. The molecule has 7 heteroatoms. The number of carboxylic acid groups (broad SMARTS) is 1. The molecule has 10 atom stereocenters. The number of allylic oxidation sites excluding steroid dienone is 1. The van der Waals surface area contributed by atoms with Gasteiger partial charge in [-0.2, -0.15) is 0 Å². The van der Waals surface area contributed by atoms with Gasteiger partial charge in [0.25, 0.3) is 0 Å². The maximum atomic E-state index is 14.3. The topological polar surface area (TPSA) is 116 Å². The number of carbonyl (C=O) groups is 3. The van der Waals surface area contributed by atoms with Gasteiger partial charge in [-0.3, -0.25) is 14.4 Å². The maximum Gasteiger partial charge on any atom is 0.303 e. The van der Waals surface area contributed by atoms with Crippen LogP contribution in [-0.2, 0) is 14.4 Å². The fourth-order valence-electron chi connectivity index (χ4n) is 13.1. The van der Waals surface area contributed by atoms with E-state index in [0.29, 0.717) is 36.6 Å². The highest BCUT2D eigenvalue weighted by Gasteiger charge is 2.71. The first-order valence-corrected chi connectivity index (χ1v) is 19.1. The summed E-state index contributed by atoms with van der Waals surface area (Å²) in [5, 5.41) is 25.9. The molecule has 47 heavy (non-hydrogen) atoms. The van der Waals surface area contributed by atoms with Gasteiger partial charge < -0.3 is 20.8 Å². The number of aliphatic hydroxyl groups is 1. The molecular formula is C40H66N2O5. The number of carboxylic acids is 1. The Labute approximate surface area is 284 Å². The van der Waals surface area contributed by atoms with Crippen LogP contribution in [0.5, 0.6) is 0 Å². The molecule has 0 bridgehead atoms. The molecule has 0 radical (unpaired) electrons. The largest absolute Gasteiger partial charge is 0.481 e. The number of aliphatic carboxylic acids is 1. The van der Waals surface area contributed by atoms with E-state index in [-0.39, 0.29) is 58.5 Å². The van der Waals surface area contributed by atoms with Crippen LogP contribution in [0.2, 0.25) is 0 Å². The third kappa shape index (κ3) is 6.11. The number of hydrogen-bond donors (Lipinski definition) is 4. The van der Waals surface area contributed by atoms with E-state index >= 15 is 0 Å². The molecule has 0 aromatic rings. The Morgan fingerprint density at radius 2 is 1.47 bits per heavy atom. The lowest BCUT2D eigenvalue weighted by atomic mass is 9.32. The molecule has 0 heterocycles. The standard InChI is InChI=1S/C40H66N2O5/c1-26(2)27-16-21-40(35(47)42-25-32(44)41-24-12-10-8-9-11-13-33(45)46)23-22-38(6)28(34(27)40)14-15-30-37(5)19-18-31(43)36(3,4)29(37)17-20-39(30,38)7/h27-31,34,43H,1,8-25H2,2-7H3,(H,41,44)(H,42,47)(H,45,46)/t27-,28+,29-,30+,31-,34+,37-,38+,39+,40-/m0/s1. The first kappa shape index (κ1) is 36.4. The summed E-state index contributed by atoms with van der Waals surface area (Å²) in [6, 6.07) is 0. The Kier molecular flexibility index (Phi) is 10.4. The molecule has 2 amide bonds. The second kappa shape index (κ2) is 13.4. The second-order valence-corrected chi connectivity index (χ2v) is 18.2. The third-order valence-corrected chi connectivity index (χ3v) is 15.8. The number of carbonyl (C=O) groups excluding carboxylic acids is 2. The Morgan fingerprint density at radius 3 is 2.17 bits per heavy atom. The highest BCUT2D eigenvalue weighted by atomic mass is 16.4. The molecule has 5 aliphatic rings. The van der Waals surface area contributed by atoms with Gasteiger partial charge in [0, 0.05) is 13.0 Å². The van der Waals surface area contributed by atoms with Crippen molar-refractivity contribution in [3.63, 3.8) is 0 Å². The molecule has 7 nitrogen and oxygen atoms in total. The molecule has 4 N–H and O–H groups in total. The van der Waals surface area contributed by atoms with Crippen LogP contribution < -0.4 is 10.6 Å². The van der Waals surface area contributed by atoms with Crippen molar-refractivity contribution >= 4 is 17.8 Å². The van der Waals surface area contributed by atoms with Crippen LogP contribution >= 0.6 is 0 Å². The van der Waals surface area contributed by atoms with Gasteiger partial charge in [0.2, 0.25) is 11.8 Å². The Bertz CT molecular complexity index is 1210. The minimum absolute atomic E-state index is 0.0206. The Balaban J connectivity index is 1.26. The summed E-state index contributed by atoms with van der Waals surface area (Å²) in [7, 11) is 0. The zero-order valence-corrected chi connectivity index (χ0v) is 30.5. The Hall–Kier alpha value is -1.89. The van der Waals surface area contributed by atoms with Crippen molar-refractivity contribution in [3.8, 4) is 0 Å². The van der Waals surface area contributed by atoms with Crippen LogP contribution in [-0.4, -0.2) is 47.2 Å². The molecule has 5 aliphatic carbocycles. The van der Waals surface area contributed by atoms with Crippen molar-refractivity contribution in [3.05, 3.63) is 12.2 Å². The van der Waals surface area contributed by atoms with Crippen LogP contribution in [0.25, 0.3) is 0 Å². The third-order valence-electron chi connectivity index (χ3n) is 15.8. The van der Waals surface area contributed by atoms with Crippen molar-refractivity contribution in [1.29, 1.82) is 0 Å². The fraction of sp³-hybridized carbons (Fsp3) is 0.875. The van der Waals surface area contributed by atoms with Gasteiger partial charge in [0.05, 0.1) is 18.1 Å². The average Bonchev–Trinajstić information content (AvgIpc) is 3.41. The predicted octanol–water partition coefficient (Wildman–Crippen LogP) is 7.66. The van der Waals surface area contributed by atoms with Crippen LogP contribution in [0, 0.1) is 56.7 Å². The lowest BCUT2D eigenvalue weighted by molar-refractivity contribution is -0.246. The molecule has 0 spiro atoms. The van der Waals surface area contributed by atoms with Crippen LogP contribution in [0.15, 0.2) is 12.2 Å². The summed E-state index contributed by atoms with van der Waals surface area (Å²) >= 11 is 0. The van der Waals surface area contributed by atoms with Gasteiger partial charge in [0.15, 0.2) is 0 Å². The number of amides is 2. The Morgan fingerprint density at radius 1 is 0.766 bits per heavy atom. The molecule has 5 saturated carbocycles. The summed E-state index contributed by atoms with van der Waals surface area (Å²) in [5.41, 5.74) is 1.28. The SMILES string of the molecule is C=C(C)[C@@H]1CC[C@]2(C(=O)NCC(=O)NCCCCCCCC(=O)O)CC[C@]3(C)[C@H](CC[C@@H]4[C@@]5(C)CC[C@H](O)C(C)(C)[C@@H]5CC[C@]43C)[C@@H]12. The van der Waals surface area contributed by atoms with Crippen LogP contribution in [0.3, 0.4) is 0 Å². The highest BCUT2D eigenvalue weighted by Crippen LogP contribution is 2.77. The monoisotopic (exact) mass is 654 g/mol. The number of aliphatic hydroxyl groups excluding tert-OH is 1. The normalized spacial score (nSPS) is 41.9. The van der Waals surface area contributed by atoms with Crippen LogP contribution in [0.1, 0.15) is 144 Å². The van der Waals surface area contributed by atoms with E-state index in [9.17, 15) is 19.5 Å². The van der Waals surface area contributed by atoms with Crippen molar-refractivity contribution < 1.29 is 24.6 Å². The van der Waals surface area contributed by atoms with E-state index in [1.165, 1.54) is 24.8 Å². The van der Waals surface area contributed by atoms with E-state index in [1.54, 1.807) is 0 Å². The number of unbranched alkanes of at least 4 members (excludes halogenated alkanes) is 4.